The Morgan fingerprint density at radius 3 is 2.21 bits per heavy atom. The van der Waals surface area contributed by atoms with E-state index in [1.165, 1.54) is 0 Å². The minimum Gasteiger partial charge on any atom is -0.368 e. The maximum Gasteiger partial charge on any atom is 0.242 e. The Balaban J connectivity index is 2.32. The van der Waals surface area contributed by atoms with Gasteiger partial charge in [0, 0.05) is 24.0 Å². The van der Waals surface area contributed by atoms with Crippen molar-refractivity contribution < 1.29 is 9.59 Å². The Labute approximate surface area is 165 Å². The minimum absolute atomic E-state index is 0.291. The second kappa shape index (κ2) is 7.80. The normalized spacial score (nSPS) is 13.1. The topological polar surface area (TPSA) is 76.3 Å². The van der Waals surface area contributed by atoms with Gasteiger partial charge in [0.1, 0.15) is 0 Å². The summed E-state index contributed by atoms with van der Waals surface area (Å²) in [5.41, 5.74) is 7.26. The first-order valence-electron chi connectivity index (χ1n) is 9.48. The highest BCUT2D eigenvalue weighted by molar-refractivity contribution is 6.12. The third-order valence-corrected chi connectivity index (χ3v) is 5.30. The van der Waals surface area contributed by atoms with Crippen molar-refractivity contribution in [3.05, 3.63) is 66.2 Å². The summed E-state index contributed by atoms with van der Waals surface area (Å²) in [6, 6.07) is 19.1. The van der Waals surface area contributed by atoms with Crippen molar-refractivity contribution in [2.75, 3.05) is 13.1 Å². The number of rotatable bonds is 6. The molecule has 0 aliphatic rings. The van der Waals surface area contributed by atoms with E-state index in [-0.39, 0.29) is 5.91 Å². The van der Waals surface area contributed by atoms with Crippen LogP contribution in [0, 0.1) is 0 Å². The molecular weight excluding hydrogens is 350 g/mol. The van der Waals surface area contributed by atoms with E-state index in [1.807, 2.05) is 74.5 Å². The van der Waals surface area contributed by atoms with E-state index in [4.69, 9.17) is 10.7 Å². The molecule has 0 bridgehead atoms. The Kier molecular flexibility index (Phi) is 5.45. The average molecular weight is 375 g/mol. The van der Waals surface area contributed by atoms with Gasteiger partial charge in [-0.2, -0.15) is 0 Å². The van der Waals surface area contributed by atoms with Gasteiger partial charge >= 0.3 is 0 Å². The van der Waals surface area contributed by atoms with E-state index in [2.05, 4.69) is 0 Å². The quantitative estimate of drug-likeness (QED) is 0.670. The molecule has 28 heavy (non-hydrogen) atoms. The number of benzene rings is 2. The van der Waals surface area contributed by atoms with Gasteiger partial charge in [-0.1, -0.05) is 48.5 Å². The van der Waals surface area contributed by atoms with Crippen LogP contribution < -0.4 is 5.73 Å². The number of carbonyl (C=O) groups is 2. The Bertz CT molecular complexity index is 1010. The molecule has 0 aliphatic heterocycles. The molecule has 0 aliphatic carbocycles. The van der Waals surface area contributed by atoms with Crippen molar-refractivity contribution in [3.63, 3.8) is 0 Å². The van der Waals surface area contributed by atoms with Crippen LogP contribution in [0.3, 0.4) is 0 Å². The molecule has 0 spiro atoms. The number of nitrogens with two attached hydrogens (primary N) is 1. The number of primary amides is 1. The van der Waals surface area contributed by atoms with Crippen LogP contribution in [0.1, 0.15) is 26.3 Å². The molecule has 0 saturated heterocycles. The van der Waals surface area contributed by atoms with Gasteiger partial charge in [-0.25, -0.2) is 4.98 Å². The SMILES string of the molecule is CCN(CC)C(=O)C(C)(C(N)=O)c1cc(-c2ccccc2)nc2ccccc12. The summed E-state index contributed by atoms with van der Waals surface area (Å²) in [6.45, 7) is 6.41. The van der Waals surface area contributed by atoms with E-state index >= 15 is 0 Å². The zero-order valence-corrected chi connectivity index (χ0v) is 16.5. The lowest BCUT2D eigenvalue weighted by Gasteiger charge is -2.32. The highest BCUT2D eigenvalue weighted by Crippen LogP contribution is 2.35. The van der Waals surface area contributed by atoms with Crippen molar-refractivity contribution in [3.8, 4) is 11.3 Å². The zero-order chi connectivity index (χ0) is 20.3. The van der Waals surface area contributed by atoms with Gasteiger partial charge in [0.05, 0.1) is 11.2 Å². The second-order valence-electron chi connectivity index (χ2n) is 6.90. The monoisotopic (exact) mass is 375 g/mol. The van der Waals surface area contributed by atoms with Gasteiger partial charge < -0.3 is 10.6 Å². The number of likely N-dealkylation sites (N-methyl/N-ethyl adjacent to an activating group) is 1. The number of hydrogen-bond donors (Lipinski definition) is 1. The van der Waals surface area contributed by atoms with Crippen LogP contribution in [-0.2, 0) is 15.0 Å². The molecule has 3 aromatic rings. The number of carbonyl (C=O) groups excluding carboxylic acids is 2. The third kappa shape index (κ3) is 3.24. The number of aromatic nitrogens is 1. The average Bonchev–Trinajstić information content (AvgIpc) is 2.73. The fraction of sp³-hybridized carbons (Fsp3) is 0.261. The van der Waals surface area contributed by atoms with Crippen LogP contribution in [0.4, 0.5) is 0 Å². The largest absolute Gasteiger partial charge is 0.368 e. The number of pyridine rings is 1. The van der Waals surface area contributed by atoms with Crippen LogP contribution in [0.5, 0.6) is 0 Å². The summed E-state index contributed by atoms with van der Waals surface area (Å²) in [4.78, 5) is 32.4. The summed E-state index contributed by atoms with van der Waals surface area (Å²) >= 11 is 0. The van der Waals surface area contributed by atoms with E-state index in [0.717, 1.165) is 16.5 Å². The summed E-state index contributed by atoms with van der Waals surface area (Å²) < 4.78 is 0. The molecular formula is C23H25N3O2. The first-order chi connectivity index (χ1) is 13.4. The van der Waals surface area contributed by atoms with Crippen molar-refractivity contribution >= 4 is 22.7 Å². The van der Waals surface area contributed by atoms with Crippen molar-refractivity contribution in [2.45, 2.75) is 26.2 Å². The number of nitrogens with zero attached hydrogens (tertiary/aromatic N) is 2. The lowest BCUT2D eigenvalue weighted by atomic mass is 9.78. The van der Waals surface area contributed by atoms with Crippen LogP contribution in [0.25, 0.3) is 22.2 Å². The van der Waals surface area contributed by atoms with Crippen molar-refractivity contribution in [1.29, 1.82) is 0 Å². The van der Waals surface area contributed by atoms with E-state index in [0.29, 0.717) is 24.3 Å². The highest BCUT2D eigenvalue weighted by atomic mass is 16.2. The number of amides is 2. The smallest absolute Gasteiger partial charge is 0.242 e. The van der Waals surface area contributed by atoms with Crippen molar-refractivity contribution in [2.24, 2.45) is 5.73 Å². The Hall–Kier alpha value is -3.21. The van der Waals surface area contributed by atoms with Crippen LogP contribution >= 0.6 is 0 Å². The van der Waals surface area contributed by atoms with Gasteiger partial charge in [0.15, 0.2) is 5.41 Å². The lowest BCUT2D eigenvalue weighted by molar-refractivity contribution is -0.142. The molecule has 0 radical (unpaired) electrons. The van der Waals surface area contributed by atoms with Crippen LogP contribution in [0.2, 0.25) is 0 Å². The summed E-state index contributed by atoms with van der Waals surface area (Å²) in [5.74, 6) is -0.958. The predicted octanol–water partition coefficient (Wildman–Crippen LogP) is 3.51. The van der Waals surface area contributed by atoms with Gasteiger partial charge in [-0.3, -0.25) is 9.59 Å². The van der Waals surface area contributed by atoms with Crippen LogP contribution in [-0.4, -0.2) is 34.8 Å². The molecule has 3 rings (SSSR count). The molecule has 1 atom stereocenters. The second-order valence-corrected chi connectivity index (χ2v) is 6.90. The molecule has 2 N–H and O–H groups in total. The number of hydrogen-bond acceptors (Lipinski definition) is 3. The highest BCUT2D eigenvalue weighted by Gasteiger charge is 2.44. The third-order valence-electron chi connectivity index (χ3n) is 5.30. The molecule has 5 nitrogen and oxygen atoms in total. The molecule has 0 fully saturated rings. The summed E-state index contributed by atoms with van der Waals surface area (Å²) in [5, 5.41) is 0.754. The zero-order valence-electron chi connectivity index (χ0n) is 16.5. The molecule has 1 aromatic heterocycles. The standard InChI is InChI=1S/C23H25N3O2/c1-4-26(5-2)22(28)23(3,21(24)27)18-15-20(16-11-7-6-8-12-16)25-19-14-10-9-13-17(18)19/h6-15H,4-5H2,1-3H3,(H2,24,27). The number of fused-ring (bicyclic) bond motifs is 1. The van der Waals surface area contributed by atoms with Crippen molar-refractivity contribution in [1.82, 2.24) is 9.88 Å². The molecule has 2 aromatic carbocycles. The minimum atomic E-state index is -1.49. The van der Waals surface area contributed by atoms with E-state index < -0.39 is 11.3 Å². The fourth-order valence-electron chi connectivity index (χ4n) is 3.53. The van der Waals surface area contributed by atoms with Gasteiger partial charge in [0.25, 0.3) is 0 Å². The summed E-state index contributed by atoms with van der Waals surface area (Å²) in [6.07, 6.45) is 0. The number of para-hydroxylation sites is 1. The predicted molar refractivity (Wildman–Crippen MR) is 112 cm³/mol. The summed E-state index contributed by atoms with van der Waals surface area (Å²) in [7, 11) is 0. The fourth-order valence-corrected chi connectivity index (χ4v) is 3.53. The lowest BCUT2D eigenvalue weighted by Crippen LogP contribution is -2.52. The molecule has 0 saturated carbocycles. The molecule has 1 heterocycles. The first kappa shape index (κ1) is 19.5. The maximum absolute atomic E-state index is 13.4. The van der Waals surface area contributed by atoms with E-state index in [1.54, 1.807) is 11.8 Å². The Morgan fingerprint density at radius 1 is 1.00 bits per heavy atom. The molecule has 144 valence electrons. The van der Waals surface area contributed by atoms with Crippen LogP contribution in [0.15, 0.2) is 60.7 Å². The maximum atomic E-state index is 13.4. The van der Waals surface area contributed by atoms with Gasteiger partial charge in [-0.05, 0) is 38.5 Å². The first-order valence-corrected chi connectivity index (χ1v) is 9.48. The van der Waals surface area contributed by atoms with Gasteiger partial charge in [0.2, 0.25) is 11.8 Å². The molecule has 2 amide bonds. The van der Waals surface area contributed by atoms with Gasteiger partial charge in [-0.15, -0.1) is 0 Å². The van der Waals surface area contributed by atoms with E-state index in [9.17, 15) is 9.59 Å². The molecule has 5 heteroatoms. The molecule has 1 unspecified atom stereocenters. The Morgan fingerprint density at radius 2 is 1.61 bits per heavy atom.